The van der Waals surface area contributed by atoms with Gasteiger partial charge in [-0.2, -0.15) is 0 Å². The molecule has 3 aromatic carbocycles. The van der Waals surface area contributed by atoms with E-state index in [2.05, 4.69) is 5.32 Å². The largest absolute Gasteiger partial charge is 0.462 e. The lowest BCUT2D eigenvalue weighted by Gasteiger charge is -2.08. The first kappa shape index (κ1) is 22.9. The summed E-state index contributed by atoms with van der Waals surface area (Å²) >= 11 is 7.62. The van der Waals surface area contributed by atoms with Crippen molar-refractivity contribution in [3.8, 4) is 0 Å². The summed E-state index contributed by atoms with van der Waals surface area (Å²) in [7, 11) is 0. The molecule has 0 unspecified atom stereocenters. The second-order valence-corrected chi connectivity index (χ2v) is 8.45. The molecule has 160 valence electrons. The highest BCUT2D eigenvalue weighted by atomic mass is 35.5. The highest BCUT2D eigenvalue weighted by Crippen LogP contribution is 2.24. The lowest BCUT2D eigenvalue weighted by molar-refractivity contribution is 0.0499. The zero-order chi connectivity index (χ0) is 22.1. The Kier molecular flexibility index (Phi) is 8.56. The Morgan fingerprint density at radius 1 is 0.903 bits per heavy atom. The number of nitrogens with one attached hydrogen (secondary N) is 1. The molecule has 0 heterocycles. The van der Waals surface area contributed by atoms with E-state index >= 15 is 0 Å². The highest BCUT2D eigenvalue weighted by Gasteiger charge is 2.09. The molecule has 3 rings (SSSR count). The molecule has 0 aromatic heterocycles. The third kappa shape index (κ3) is 7.16. The molecule has 6 heteroatoms. The van der Waals surface area contributed by atoms with E-state index in [1.165, 1.54) is 0 Å². The molecule has 0 aliphatic heterocycles. The van der Waals surface area contributed by atoms with Crippen LogP contribution in [0.3, 0.4) is 0 Å². The van der Waals surface area contributed by atoms with E-state index in [4.69, 9.17) is 16.3 Å². The van der Waals surface area contributed by atoms with Crippen LogP contribution in [0, 0.1) is 0 Å². The smallest absolute Gasteiger partial charge is 0.338 e. The van der Waals surface area contributed by atoms with Gasteiger partial charge in [-0.05, 0) is 72.6 Å². The number of hydrogen-bond acceptors (Lipinski definition) is 4. The number of carbonyl (C=O) groups excluding carboxylic acids is 2. The van der Waals surface area contributed by atoms with Gasteiger partial charge in [0.2, 0.25) is 0 Å². The van der Waals surface area contributed by atoms with Gasteiger partial charge in [-0.3, -0.25) is 4.79 Å². The summed E-state index contributed by atoms with van der Waals surface area (Å²) in [5.41, 5.74) is 2.79. The van der Waals surface area contributed by atoms with Gasteiger partial charge in [-0.15, -0.1) is 11.8 Å². The summed E-state index contributed by atoms with van der Waals surface area (Å²) in [5.74, 6) is 0.257. The van der Waals surface area contributed by atoms with Crippen LogP contribution in [0.25, 0.3) is 0 Å². The van der Waals surface area contributed by atoms with Crippen molar-refractivity contribution < 1.29 is 14.3 Å². The number of carbonyl (C=O) groups is 2. The Bertz CT molecular complexity index is 1000. The van der Waals surface area contributed by atoms with Gasteiger partial charge in [0.1, 0.15) is 0 Å². The van der Waals surface area contributed by atoms with Crippen LogP contribution >= 0.6 is 23.4 Å². The van der Waals surface area contributed by atoms with Gasteiger partial charge in [0.05, 0.1) is 12.2 Å². The Hall–Kier alpha value is -2.76. The van der Waals surface area contributed by atoms with Crippen molar-refractivity contribution >= 4 is 40.9 Å². The van der Waals surface area contributed by atoms with Crippen molar-refractivity contribution in [2.75, 3.05) is 11.9 Å². The van der Waals surface area contributed by atoms with Gasteiger partial charge >= 0.3 is 5.97 Å². The number of halogens is 1. The van der Waals surface area contributed by atoms with E-state index in [0.29, 0.717) is 23.4 Å². The number of ether oxygens (including phenoxy) is 1. The number of benzene rings is 3. The monoisotopic (exact) mass is 453 g/mol. The summed E-state index contributed by atoms with van der Waals surface area (Å²) in [6, 6.07) is 22.0. The molecule has 1 N–H and O–H groups in total. The maximum absolute atomic E-state index is 12.5. The molecule has 0 spiro atoms. The molecule has 0 saturated carbocycles. The zero-order valence-corrected chi connectivity index (χ0v) is 18.8. The van der Waals surface area contributed by atoms with Gasteiger partial charge in [0, 0.05) is 26.9 Å². The molecule has 3 aromatic rings. The first-order chi connectivity index (χ1) is 15.0. The molecule has 0 radical (unpaired) electrons. The van der Waals surface area contributed by atoms with Gasteiger partial charge in [-0.25, -0.2) is 4.79 Å². The predicted octanol–water partition coefficient (Wildman–Crippen LogP) is 6.84. The zero-order valence-electron chi connectivity index (χ0n) is 17.3. The maximum atomic E-state index is 12.5. The molecule has 0 bridgehead atoms. The second kappa shape index (κ2) is 11.6. The Morgan fingerprint density at radius 3 is 2.19 bits per heavy atom. The Balaban J connectivity index is 1.52. The third-order valence-electron chi connectivity index (χ3n) is 4.54. The van der Waals surface area contributed by atoms with Crippen LogP contribution in [0.1, 0.15) is 46.0 Å². The van der Waals surface area contributed by atoms with Crippen LogP contribution in [0.15, 0.2) is 77.7 Å². The normalized spacial score (nSPS) is 10.5. The molecule has 4 nitrogen and oxygen atoms in total. The van der Waals surface area contributed by atoms with Crippen molar-refractivity contribution in [3.63, 3.8) is 0 Å². The van der Waals surface area contributed by atoms with Crippen molar-refractivity contribution in [1.29, 1.82) is 0 Å². The molecule has 0 saturated heterocycles. The fourth-order valence-electron chi connectivity index (χ4n) is 2.74. The highest BCUT2D eigenvalue weighted by molar-refractivity contribution is 7.98. The fraction of sp³-hybridized carbons (Fsp3) is 0.200. The molecule has 0 aliphatic rings. The number of amides is 1. The van der Waals surface area contributed by atoms with Crippen LogP contribution in [0.4, 0.5) is 5.69 Å². The van der Waals surface area contributed by atoms with Gasteiger partial charge in [0.25, 0.3) is 5.91 Å². The van der Waals surface area contributed by atoms with Crippen molar-refractivity contribution in [1.82, 2.24) is 0 Å². The SMILES string of the molecule is CCCCOC(=O)c1ccc(NC(=O)c2ccc(CSc3ccc(Cl)cc3)cc2)cc1. The van der Waals surface area contributed by atoms with Crippen LogP contribution in [-0.2, 0) is 10.5 Å². The number of hydrogen-bond donors (Lipinski definition) is 1. The molecule has 1 amide bonds. The molecule has 0 atom stereocenters. The van der Waals surface area contributed by atoms with E-state index < -0.39 is 0 Å². The molecule has 0 aliphatic carbocycles. The standard InChI is InChI=1S/C25H24ClNO3S/c1-2-3-16-30-25(29)20-8-12-22(13-9-20)27-24(28)19-6-4-18(5-7-19)17-31-23-14-10-21(26)11-15-23/h4-15H,2-3,16-17H2,1H3,(H,27,28). The minimum Gasteiger partial charge on any atom is -0.462 e. The summed E-state index contributed by atoms with van der Waals surface area (Å²) in [5, 5.41) is 3.57. The summed E-state index contributed by atoms with van der Waals surface area (Å²) in [6.45, 7) is 2.46. The number of rotatable bonds is 9. The average Bonchev–Trinajstić information content (AvgIpc) is 2.79. The fourth-order valence-corrected chi connectivity index (χ4v) is 3.72. The van der Waals surface area contributed by atoms with E-state index in [1.807, 2.05) is 55.5 Å². The van der Waals surface area contributed by atoms with Crippen molar-refractivity contribution in [2.24, 2.45) is 0 Å². The van der Waals surface area contributed by atoms with E-state index in [-0.39, 0.29) is 11.9 Å². The predicted molar refractivity (Wildman–Crippen MR) is 127 cm³/mol. The van der Waals surface area contributed by atoms with Crippen LogP contribution in [0.2, 0.25) is 5.02 Å². The maximum Gasteiger partial charge on any atom is 0.338 e. The third-order valence-corrected chi connectivity index (χ3v) is 5.88. The van der Waals surface area contributed by atoms with Crippen molar-refractivity contribution in [3.05, 3.63) is 94.5 Å². The molecular weight excluding hydrogens is 430 g/mol. The minimum atomic E-state index is -0.349. The van der Waals surface area contributed by atoms with E-state index in [1.54, 1.807) is 36.0 Å². The second-order valence-electron chi connectivity index (χ2n) is 6.96. The number of thioether (sulfide) groups is 1. The number of esters is 1. The number of anilines is 1. The topological polar surface area (TPSA) is 55.4 Å². The molecule has 31 heavy (non-hydrogen) atoms. The Labute approximate surface area is 192 Å². The average molecular weight is 454 g/mol. The van der Waals surface area contributed by atoms with Crippen molar-refractivity contribution in [2.45, 2.75) is 30.4 Å². The number of unbranched alkanes of at least 4 members (excludes halogenated alkanes) is 1. The quantitative estimate of drug-likeness (QED) is 0.219. The van der Waals surface area contributed by atoms with Crippen LogP contribution < -0.4 is 5.32 Å². The first-order valence-corrected chi connectivity index (χ1v) is 11.5. The van der Waals surface area contributed by atoms with Gasteiger partial charge < -0.3 is 10.1 Å². The van der Waals surface area contributed by atoms with Gasteiger partial charge in [-0.1, -0.05) is 37.1 Å². The van der Waals surface area contributed by atoms with Crippen LogP contribution in [0.5, 0.6) is 0 Å². The van der Waals surface area contributed by atoms with E-state index in [0.717, 1.165) is 34.1 Å². The lowest BCUT2D eigenvalue weighted by Crippen LogP contribution is -2.12. The van der Waals surface area contributed by atoms with E-state index in [9.17, 15) is 9.59 Å². The van der Waals surface area contributed by atoms with Gasteiger partial charge in [0.15, 0.2) is 0 Å². The first-order valence-electron chi connectivity index (χ1n) is 10.1. The summed E-state index contributed by atoms with van der Waals surface area (Å²) < 4.78 is 5.19. The molecule has 0 fully saturated rings. The lowest BCUT2D eigenvalue weighted by atomic mass is 10.1. The summed E-state index contributed by atoms with van der Waals surface area (Å²) in [6.07, 6.45) is 1.82. The molecular formula is C25H24ClNO3S. The minimum absolute atomic E-state index is 0.199. The Morgan fingerprint density at radius 2 is 1.55 bits per heavy atom. The summed E-state index contributed by atoms with van der Waals surface area (Å²) in [4.78, 5) is 25.6. The van der Waals surface area contributed by atoms with Crippen LogP contribution in [-0.4, -0.2) is 18.5 Å².